The summed E-state index contributed by atoms with van der Waals surface area (Å²) >= 11 is 3.45. The van der Waals surface area contributed by atoms with E-state index in [4.69, 9.17) is 10.00 Å². The van der Waals surface area contributed by atoms with Crippen LogP contribution < -0.4 is 4.74 Å². The summed E-state index contributed by atoms with van der Waals surface area (Å²) in [6.45, 7) is 0. The average Bonchev–Trinajstić information content (AvgIpc) is 2.48. The molecule has 3 aromatic rings. The molecule has 4 heteroatoms. The number of rotatable bonds is 2. The number of hydrogen-bond donors (Lipinski definition) is 0. The zero-order valence-corrected chi connectivity index (χ0v) is 12.0. The summed E-state index contributed by atoms with van der Waals surface area (Å²) < 4.78 is 6.78. The molecule has 1 aromatic heterocycles. The number of ether oxygens (including phenoxy) is 1. The van der Waals surface area contributed by atoms with Crippen molar-refractivity contribution in [2.45, 2.75) is 0 Å². The number of fused-ring (bicyclic) bond motifs is 1. The van der Waals surface area contributed by atoms with Crippen LogP contribution in [0.2, 0.25) is 0 Å². The first-order valence-electron chi connectivity index (χ1n) is 5.97. The Morgan fingerprint density at radius 1 is 1.05 bits per heavy atom. The Labute approximate surface area is 124 Å². The molecule has 3 rings (SSSR count). The van der Waals surface area contributed by atoms with Crippen LogP contribution in [0.1, 0.15) is 5.56 Å². The number of benzene rings is 2. The van der Waals surface area contributed by atoms with E-state index in [9.17, 15) is 0 Å². The fraction of sp³-hybridized carbons (Fsp3) is 0. The maximum atomic E-state index is 9.04. The predicted molar refractivity (Wildman–Crippen MR) is 80.7 cm³/mol. The van der Waals surface area contributed by atoms with Gasteiger partial charge in [-0.3, -0.25) is 4.98 Å². The number of hydrogen-bond acceptors (Lipinski definition) is 3. The fourth-order valence-electron chi connectivity index (χ4n) is 1.94. The molecular formula is C16H9BrN2O. The van der Waals surface area contributed by atoms with Crippen LogP contribution in [0.4, 0.5) is 0 Å². The SMILES string of the molecule is N#Cc1ccncc1Oc1ccc2cc(Br)ccc2c1. The van der Waals surface area contributed by atoms with Crippen LogP contribution in [-0.4, -0.2) is 4.98 Å². The second-order valence-corrected chi connectivity index (χ2v) is 5.15. The Balaban J connectivity index is 1.99. The van der Waals surface area contributed by atoms with Gasteiger partial charge in [0.05, 0.1) is 11.8 Å². The van der Waals surface area contributed by atoms with Gasteiger partial charge in [-0.15, -0.1) is 0 Å². The maximum Gasteiger partial charge on any atom is 0.163 e. The Morgan fingerprint density at radius 2 is 1.85 bits per heavy atom. The Bertz CT molecular complexity index is 824. The van der Waals surface area contributed by atoms with E-state index in [-0.39, 0.29) is 0 Å². The third-order valence-corrected chi connectivity index (χ3v) is 3.40. The predicted octanol–water partition coefficient (Wildman–Crippen LogP) is 4.66. The van der Waals surface area contributed by atoms with Gasteiger partial charge in [0.2, 0.25) is 0 Å². The summed E-state index contributed by atoms with van der Waals surface area (Å²) in [5.41, 5.74) is 0.468. The summed E-state index contributed by atoms with van der Waals surface area (Å²) in [4.78, 5) is 3.98. The minimum atomic E-state index is 0.464. The van der Waals surface area contributed by atoms with E-state index in [1.54, 1.807) is 18.5 Å². The second kappa shape index (κ2) is 5.32. The van der Waals surface area contributed by atoms with Crippen molar-refractivity contribution in [3.8, 4) is 17.6 Å². The van der Waals surface area contributed by atoms with Crippen LogP contribution in [0.25, 0.3) is 10.8 Å². The third kappa shape index (κ3) is 2.49. The quantitative estimate of drug-likeness (QED) is 0.688. The summed E-state index contributed by atoms with van der Waals surface area (Å²) in [6.07, 6.45) is 3.12. The normalized spacial score (nSPS) is 10.2. The van der Waals surface area contributed by atoms with Gasteiger partial charge in [-0.05, 0) is 41.1 Å². The molecule has 0 radical (unpaired) electrons. The monoisotopic (exact) mass is 324 g/mol. The molecule has 0 unspecified atom stereocenters. The van der Waals surface area contributed by atoms with Crippen LogP contribution in [0, 0.1) is 11.3 Å². The molecule has 2 aromatic carbocycles. The van der Waals surface area contributed by atoms with Crippen LogP contribution in [0.5, 0.6) is 11.5 Å². The third-order valence-electron chi connectivity index (χ3n) is 2.91. The molecule has 0 spiro atoms. The Morgan fingerprint density at radius 3 is 2.70 bits per heavy atom. The fourth-order valence-corrected chi connectivity index (χ4v) is 2.32. The number of nitrogens with zero attached hydrogens (tertiary/aromatic N) is 2. The molecule has 0 aliphatic heterocycles. The lowest BCUT2D eigenvalue weighted by Gasteiger charge is -2.08. The Kier molecular flexibility index (Phi) is 3.36. The minimum Gasteiger partial charge on any atom is -0.454 e. The van der Waals surface area contributed by atoms with Gasteiger partial charge < -0.3 is 4.74 Å². The van der Waals surface area contributed by atoms with Crippen LogP contribution >= 0.6 is 15.9 Å². The number of halogens is 1. The first-order chi connectivity index (χ1) is 9.76. The lowest BCUT2D eigenvalue weighted by Crippen LogP contribution is -1.89. The van der Waals surface area contributed by atoms with E-state index in [0.29, 0.717) is 17.1 Å². The van der Waals surface area contributed by atoms with Gasteiger partial charge in [0.25, 0.3) is 0 Å². The van der Waals surface area contributed by atoms with Crippen LogP contribution in [-0.2, 0) is 0 Å². The first kappa shape index (κ1) is 12.6. The van der Waals surface area contributed by atoms with E-state index in [1.165, 1.54) is 0 Å². The summed E-state index contributed by atoms with van der Waals surface area (Å²) in [6, 6.07) is 15.6. The summed E-state index contributed by atoms with van der Waals surface area (Å²) in [5, 5.41) is 11.2. The molecule has 0 fully saturated rings. The topological polar surface area (TPSA) is 45.9 Å². The van der Waals surface area contributed by atoms with Gasteiger partial charge in [0.15, 0.2) is 5.75 Å². The zero-order chi connectivity index (χ0) is 13.9. The lowest BCUT2D eigenvalue weighted by molar-refractivity contribution is 0.479. The highest BCUT2D eigenvalue weighted by atomic mass is 79.9. The minimum absolute atomic E-state index is 0.464. The number of pyridine rings is 1. The molecule has 20 heavy (non-hydrogen) atoms. The molecule has 0 N–H and O–H groups in total. The lowest BCUT2D eigenvalue weighted by atomic mass is 10.1. The molecule has 0 aliphatic carbocycles. The molecule has 0 amide bonds. The molecule has 0 aliphatic rings. The van der Waals surface area contributed by atoms with E-state index in [2.05, 4.69) is 27.0 Å². The van der Waals surface area contributed by atoms with Crippen molar-refractivity contribution >= 4 is 26.7 Å². The number of nitriles is 1. The molecule has 0 saturated carbocycles. The van der Waals surface area contributed by atoms with Crippen molar-refractivity contribution in [1.29, 1.82) is 5.26 Å². The van der Waals surface area contributed by atoms with Gasteiger partial charge >= 0.3 is 0 Å². The second-order valence-electron chi connectivity index (χ2n) is 4.24. The first-order valence-corrected chi connectivity index (χ1v) is 6.77. The van der Waals surface area contributed by atoms with Crippen molar-refractivity contribution in [3.05, 3.63) is 64.9 Å². The highest BCUT2D eigenvalue weighted by molar-refractivity contribution is 9.10. The van der Waals surface area contributed by atoms with E-state index >= 15 is 0 Å². The smallest absolute Gasteiger partial charge is 0.163 e. The zero-order valence-electron chi connectivity index (χ0n) is 10.4. The van der Waals surface area contributed by atoms with E-state index in [1.807, 2.05) is 36.4 Å². The average molecular weight is 325 g/mol. The molecule has 96 valence electrons. The summed E-state index contributed by atoms with van der Waals surface area (Å²) in [5.74, 6) is 1.15. The van der Waals surface area contributed by atoms with Crippen molar-refractivity contribution < 1.29 is 4.74 Å². The molecule has 0 saturated heterocycles. The van der Waals surface area contributed by atoms with Crippen molar-refractivity contribution in [2.24, 2.45) is 0 Å². The van der Waals surface area contributed by atoms with Crippen LogP contribution in [0.3, 0.4) is 0 Å². The van der Waals surface area contributed by atoms with Crippen molar-refractivity contribution in [3.63, 3.8) is 0 Å². The van der Waals surface area contributed by atoms with Crippen LogP contribution in [0.15, 0.2) is 59.3 Å². The van der Waals surface area contributed by atoms with E-state index < -0.39 is 0 Å². The molecule has 0 atom stereocenters. The molecule has 1 heterocycles. The van der Waals surface area contributed by atoms with Gasteiger partial charge in [-0.2, -0.15) is 5.26 Å². The van der Waals surface area contributed by atoms with Crippen molar-refractivity contribution in [1.82, 2.24) is 4.98 Å². The molecular weight excluding hydrogens is 316 g/mol. The summed E-state index contributed by atoms with van der Waals surface area (Å²) in [7, 11) is 0. The molecule has 0 bridgehead atoms. The maximum absolute atomic E-state index is 9.04. The van der Waals surface area contributed by atoms with Gasteiger partial charge in [-0.25, -0.2) is 0 Å². The van der Waals surface area contributed by atoms with Crippen molar-refractivity contribution in [2.75, 3.05) is 0 Å². The van der Waals surface area contributed by atoms with Gasteiger partial charge in [0, 0.05) is 10.7 Å². The largest absolute Gasteiger partial charge is 0.454 e. The van der Waals surface area contributed by atoms with Gasteiger partial charge in [0.1, 0.15) is 11.8 Å². The van der Waals surface area contributed by atoms with Gasteiger partial charge in [-0.1, -0.05) is 28.1 Å². The van der Waals surface area contributed by atoms with E-state index in [0.717, 1.165) is 15.2 Å². The highest BCUT2D eigenvalue weighted by Crippen LogP contribution is 2.28. The molecule has 3 nitrogen and oxygen atoms in total. The Hall–Kier alpha value is -2.38. The number of aromatic nitrogens is 1. The standard InChI is InChI=1S/C16H9BrN2O/c17-14-3-1-12-8-15(4-2-11(12)7-14)20-16-10-19-6-5-13(16)9-18/h1-8,10H. The highest BCUT2D eigenvalue weighted by Gasteiger charge is 2.05.